The summed E-state index contributed by atoms with van der Waals surface area (Å²) in [4.78, 5) is 8.39. The van der Waals surface area contributed by atoms with Crippen LogP contribution in [0.15, 0.2) is 6.20 Å². The van der Waals surface area contributed by atoms with Gasteiger partial charge in [-0.05, 0) is 6.92 Å². The maximum Gasteiger partial charge on any atom is 0.0953 e. The lowest BCUT2D eigenvalue weighted by molar-refractivity contribution is 0.201. The summed E-state index contributed by atoms with van der Waals surface area (Å²) >= 11 is 1.86. The van der Waals surface area contributed by atoms with Gasteiger partial charge in [-0.25, -0.2) is 4.98 Å². The van der Waals surface area contributed by atoms with E-state index in [1.807, 2.05) is 17.5 Å². The van der Waals surface area contributed by atoms with Gasteiger partial charge >= 0.3 is 0 Å². The van der Waals surface area contributed by atoms with Gasteiger partial charge in [0.25, 0.3) is 0 Å². The highest BCUT2D eigenvalue weighted by atomic mass is 32.1. The van der Waals surface area contributed by atoms with E-state index in [9.17, 15) is 0 Å². The topological polar surface area (TPSA) is 28.2 Å². The van der Waals surface area contributed by atoms with Gasteiger partial charge in [0.05, 0.1) is 5.01 Å². The van der Waals surface area contributed by atoms with Crippen LogP contribution in [0.3, 0.4) is 0 Å². The average molecular weight is 239 g/mol. The summed E-state index contributed by atoms with van der Waals surface area (Å²) in [5.41, 5.74) is 0. The van der Waals surface area contributed by atoms with E-state index in [4.69, 9.17) is 0 Å². The van der Waals surface area contributed by atoms with Crippen molar-refractivity contribution < 1.29 is 0 Å². The van der Waals surface area contributed by atoms with Gasteiger partial charge in [-0.3, -0.25) is 4.90 Å². The highest BCUT2D eigenvalue weighted by molar-refractivity contribution is 7.11. The maximum atomic E-state index is 4.48. The first-order valence-corrected chi connectivity index (χ1v) is 6.87. The molecule has 16 heavy (non-hydrogen) atoms. The predicted octanol–water partition coefficient (Wildman–Crippen LogP) is 2.06. The van der Waals surface area contributed by atoms with Crippen LogP contribution in [0.25, 0.3) is 0 Å². The molecule has 1 aromatic rings. The Morgan fingerprint density at radius 2 is 2.44 bits per heavy atom. The lowest BCUT2D eigenvalue weighted by atomic mass is 10.2. The van der Waals surface area contributed by atoms with Gasteiger partial charge in [-0.1, -0.05) is 13.8 Å². The van der Waals surface area contributed by atoms with Gasteiger partial charge in [0, 0.05) is 49.2 Å². The van der Waals surface area contributed by atoms with Gasteiger partial charge in [0.2, 0.25) is 0 Å². The second kappa shape index (κ2) is 5.25. The second-order valence-corrected chi connectivity index (χ2v) is 6.06. The highest BCUT2D eigenvalue weighted by Gasteiger charge is 2.16. The second-order valence-electron chi connectivity index (χ2n) is 4.91. The molecule has 1 aliphatic rings. The van der Waals surface area contributed by atoms with Crippen molar-refractivity contribution in [3.8, 4) is 0 Å². The molecule has 1 fully saturated rings. The Kier molecular flexibility index (Phi) is 3.95. The van der Waals surface area contributed by atoms with E-state index < -0.39 is 0 Å². The lowest BCUT2D eigenvalue weighted by Gasteiger charge is -2.31. The molecule has 2 heterocycles. The Morgan fingerprint density at radius 3 is 3.06 bits per heavy atom. The van der Waals surface area contributed by atoms with E-state index in [2.05, 4.69) is 36.0 Å². The summed E-state index contributed by atoms with van der Waals surface area (Å²) in [6, 6.07) is 0.617. The number of nitrogens with zero attached hydrogens (tertiary/aromatic N) is 2. The number of piperazine rings is 1. The van der Waals surface area contributed by atoms with Crippen LogP contribution in [0.1, 0.15) is 36.6 Å². The van der Waals surface area contributed by atoms with Gasteiger partial charge in [0.1, 0.15) is 0 Å². The highest BCUT2D eigenvalue weighted by Crippen LogP contribution is 2.22. The normalized spacial score (nSPS) is 22.9. The molecule has 0 unspecified atom stereocenters. The fraction of sp³-hybridized carbons (Fsp3) is 0.750. The molecular formula is C12H21N3S. The van der Waals surface area contributed by atoms with E-state index >= 15 is 0 Å². The Bertz CT molecular complexity index is 335. The van der Waals surface area contributed by atoms with Crippen LogP contribution < -0.4 is 5.32 Å². The fourth-order valence-electron chi connectivity index (χ4n) is 2.04. The molecule has 1 atom stereocenters. The smallest absolute Gasteiger partial charge is 0.0953 e. The molecule has 0 radical (unpaired) electrons. The van der Waals surface area contributed by atoms with Gasteiger partial charge in [-0.15, -0.1) is 11.3 Å². The van der Waals surface area contributed by atoms with Crippen LogP contribution in [-0.4, -0.2) is 35.6 Å². The van der Waals surface area contributed by atoms with Crippen molar-refractivity contribution >= 4 is 11.3 Å². The molecule has 0 spiro atoms. The number of aromatic nitrogens is 1. The molecular weight excluding hydrogens is 218 g/mol. The zero-order chi connectivity index (χ0) is 11.5. The summed E-state index contributed by atoms with van der Waals surface area (Å²) in [6.07, 6.45) is 2.05. The minimum atomic E-state index is 0.556. The third-order valence-electron chi connectivity index (χ3n) is 2.90. The molecule has 1 aliphatic heterocycles. The molecule has 4 heteroatoms. The van der Waals surface area contributed by atoms with Crippen molar-refractivity contribution in [3.63, 3.8) is 0 Å². The lowest BCUT2D eigenvalue weighted by Crippen LogP contribution is -2.48. The van der Waals surface area contributed by atoms with Crippen LogP contribution in [-0.2, 0) is 6.54 Å². The van der Waals surface area contributed by atoms with E-state index in [-0.39, 0.29) is 0 Å². The summed E-state index contributed by atoms with van der Waals surface area (Å²) < 4.78 is 0. The van der Waals surface area contributed by atoms with Crippen LogP contribution >= 0.6 is 11.3 Å². The Hall–Kier alpha value is -0.450. The SMILES string of the molecule is CC(C)c1ncc(CN2CCN[C@@H](C)C2)s1. The number of thiazole rings is 1. The summed E-state index contributed by atoms with van der Waals surface area (Å²) in [6.45, 7) is 11.1. The van der Waals surface area contributed by atoms with E-state index in [1.165, 1.54) is 9.88 Å². The maximum absolute atomic E-state index is 4.48. The van der Waals surface area contributed by atoms with Crippen LogP contribution in [0.4, 0.5) is 0 Å². The van der Waals surface area contributed by atoms with E-state index in [0.717, 1.165) is 26.2 Å². The minimum absolute atomic E-state index is 0.556. The number of hydrogen-bond acceptors (Lipinski definition) is 4. The predicted molar refractivity (Wildman–Crippen MR) is 68.9 cm³/mol. The first-order valence-electron chi connectivity index (χ1n) is 6.05. The molecule has 0 amide bonds. The van der Waals surface area contributed by atoms with Crippen LogP contribution in [0.2, 0.25) is 0 Å². The largest absolute Gasteiger partial charge is 0.312 e. The minimum Gasteiger partial charge on any atom is -0.312 e. The molecule has 3 nitrogen and oxygen atoms in total. The third-order valence-corrected chi connectivity index (χ3v) is 4.18. The van der Waals surface area contributed by atoms with Crippen molar-refractivity contribution in [3.05, 3.63) is 16.1 Å². The summed E-state index contributed by atoms with van der Waals surface area (Å²) in [7, 11) is 0. The van der Waals surface area contributed by atoms with Crippen LogP contribution in [0, 0.1) is 0 Å². The first-order chi connectivity index (χ1) is 7.65. The molecule has 0 saturated carbocycles. The molecule has 1 N–H and O–H groups in total. The van der Waals surface area contributed by atoms with Crippen molar-refractivity contribution in [2.24, 2.45) is 0 Å². The van der Waals surface area contributed by atoms with Crippen molar-refractivity contribution in [2.45, 2.75) is 39.3 Å². The zero-order valence-electron chi connectivity index (χ0n) is 10.4. The average Bonchev–Trinajstić information content (AvgIpc) is 2.66. The van der Waals surface area contributed by atoms with Crippen LogP contribution in [0.5, 0.6) is 0 Å². The van der Waals surface area contributed by atoms with Gasteiger partial charge in [0.15, 0.2) is 0 Å². The first kappa shape index (κ1) is 12.0. The van der Waals surface area contributed by atoms with Gasteiger partial charge < -0.3 is 5.32 Å². The van der Waals surface area contributed by atoms with E-state index in [1.54, 1.807) is 0 Å². The quantitative estimate of drug-likeness (QED) is 0.875. The molecule has 0 aromatic carbocycles. The van der Waals surface area contributed by atoms with Crippen molar-refractivity contribution in [1.29, 1.82) is 0 Å². The summed E-state index contributed by atoms with van der Waals surface area (Å²) in [5, 5.41) is 4.73. The van der Waals surface area contributed by atoms with Crippen molar-refractivity contribution in [2.75, 3.05) is 19.6 Å². The molecule has 90 valence electrons. The molecule has 0 bridgehead atoms. The standard InChI is InChI=1S/C12H21N3S/c1-9(2)12-14-6-11(16-12)8-15-5-4-13-10(3)7-15/h6,9-10,13H,4-5,7-8H2,1-3H3/t10-/m0/s1. The Labute approximate surface area is 102 Å². The zero-order valence-corrected chi connectivity index (χ0v) is 11.2. The molecule has 1 saturated heterocycles. The Morgan fingerprint density at radius 1 is 1.62 bits per heavy atom. The number of nitrogens with one attached hydrogen (secondary N) is 1. The molecule has 2 rings (SSSR count). The fourth-order valence-corrected chi connectivity index (χ4v) is 3.00. The van der Waals surface area contributed by atoms with Gasteiger partial charge in [-0.2, -0.15) is 0 Å². The monoisotopic (exact) mass is 239 g/mol. The van der Waals surface area contributed by atoms with E-state index in [0.29, 0.717) is 12.0 Å². The number of hydrogen-bond donors (Lipinski definition) is 1. The summed E-state index contributed by atoms with van der Waals surface area (Å²) in [5.74, 6) is 0.556. The molecule has 1 aromatic heterocycles. The number of rotatable bonds is 3. The van der Waals surface area contributed by atoms with Crippen molar-refractivity contribution in [1.82, 2.24) is 15.2 Å². The molecule has 0 aliphatic carbocycles. The third kappa shape index (κ3) is 3.03. The Balaban J connectivity index is 1.92.